The van der Waals surface area contributed by atoms with E-state index in [4.69, 9.17) is 0 Å². The molecule has 0 aromatic carbocycles. The summed E-state index contributed by atoms with van der Waals surface area (Å²) in [7, 11) is 0. The van der Waals surface area contributed by atoms with Gasteiger partial charge in [-0.25, -0.2) is 0 Å². The van der Waals surface area contributed by atoms with Crippen LogP contribution in [0.3, 0.4) is 0 Å². The van der Waals surface area contributed by atoms with Gasteiger partial charge in [-0.15, -0.1) is 0 Å². The molecule has 4 heterocycles. The summed E-state index contributed by atoms with van der Waals surface area (Å²) >= 11 is 6.19. The van der Waals surface area contributed by atoms with E-state index in [1.807, 2.05) is 12.5 Å². The summed E-state index contributed by atoms with van der Waals surface area (Å²) in [6.45, 7) is 8.38. The van der Waals surface area contributed by atoms with E-state index in [0.717, 1.165) is 72.9 Å². The van der Waals surface area contributed by atoms with E-state index in [0.29, 0.717) is 0 Å². The predicted octanol–water partition coefficient (Wildman–Crippen LogP) is 1.34. The van der Waals surface area contributed by atoms with Gasteiger partial charge in [-0.05, 0) is 12.5 Å². The Hall–Kier alpha value is -0.660. The molecular formula is C14H24N8S4. The number of nitrogens with zero attached hydrogens (tertiary/aromatic N) is 6. The molecule has 144 valence electrons. The zero-order valence-electron chi connectivity index (χ0n) is 15.0. The fraction of sp³-hybridized carbons (Fsp3) is 0.714. The zero-order chi connectivity index (χ0) is 18.2. The minimum Gasteiger partial charge on any atom is -0.344 e. The number of anilines is 2. The van der Waals surface area contributed by atoms with Crippen molar-refractivity contribution in [3.05, 3.63) is 0 Å². The van der Waals surface area contributed by atoms with Crippen molar-refractivity contribution in [2.24, 2.45) is 0 Å². The Balaban J connectivity index is 0.000000151. The largest absolute Gasteiger partial charge is 0.344 e. The Kier molecular flexibility index (Phi) is 8.20. The average molecular weight is 433 g/mol. The van der Waals surface area contributed by atoms with Crippen LogP contribution in [-0.2, 0) is 0 Å². The molecule has 0 spiro atoms. The summed E-state index contributed by atoms with van der Waals surface area (Å²) in [5.74, 6) is 0. The van der Waals surface area contributed by atoms with Crippen LogP contribution in [0, 0.1) is 0 Å². The first-order valence-electron chi connectivity index (χ1n) is 8.47. The Morgan fingerprint density at radius 3 is 1.42 bits per heavy atom. The highest BCUT2D eigenvalue weighted by Crippen LogP contribution is 2.22. The summed E-state index contributed by atoms with van der Waals surface area (Å²) in [6, 6.07) is 0. The van der Waals surface area contributed by atoms with Crippen LogP contribution in [0.25, 0.3) is 0 Å². The maximum atomic E-state index is 4.42. The zero-order valence-corrected chi connectivity index (χ0v) is 18.2. The van der Waals surface area contributed by atoms with E-state index in [2.05, 4.69) is 39.1 Å². The molecule has 2 fully saturated rings. The molecule has 2 aromatic heterocycles. The van der Waals surface area contributed by atoms with Crippen LogP contribution < -0.4 is 20.4 Å². The van der Waals surface area contributed by atoms with Crippen LogP contribution >= 0.6 is 46.6 Å². The summed E-state index contributed by atoms with van der Waals surface area (Å²) in [5, 5.41) is 10.5. The van der Waals surface area contributed by atoms with Crippen LogP contribution in [0.5, 0.6) is 0 Å². The lowest BCUT2D eigenvalue weighted by molar-refractivity contribution is 0.587. The van der Waals surface area contributed by atoms with E-state index in [-0.39, 0.29) is 0 Å². The van der Waals surface area contributed by atoms with Gasteiger partial charge in [-0.2, -0.15) is 18.7 Å². The van der Waals surface area contributed by atoms with E-state index in [9.17, 15) is 0 Å². The first kappa shape index (κ1) is 20.1. The monoisotopic (exact) mass is 432 g/mol. The summed E-state index contributed by atoms with van der Waals surface area (Å²) < 4.78 is 8.48. The molecule has 2 aliphatic heterocycles. The number of hydrogen-bond donors (Lipinski definition) is 2. The predicted molar refractivity (Wildman–Crippen MR) is 114 cm³/mol. The van der Waals surface area contributed by atoms with E-state index in [1.165, 1.54) is 23.1 Å². The van der Waals surface area contributed by atoms with Gasteiger partial charge in [0.05, 0.1) is 0 Å². The lowest BCUT2D eigenvalue weighted by atomic mass is 10.4. The van der Waals surface area contributed by atoms with Gasteiger partial charge < -0.3 is 20.4 Å². The lowest BCUT2D eigenvalue weighted by Gasteiger charge is -2.26. The van der Waals surface area contributed by atoms with Crippen LogP contribution in [0.1, 0.15) is 0 Å². The summed E-state index contributed by atoms with van der Waals surface area (Å²) in [6.07, 6.45) is 4.01. The molecule has 2 aromatic rings. The number of hydrogen-bond acceptors (Lipinski definition) is 12. The second kappa shape index (κ2) is 10.6. The smallest absolute Gasteiger partial charge is 0.206 e. The first-order valence-corrected chi connectivity index (χ1v) is 12.5. The number of nitrogens with one attached hydrogen (secondary N) is 2. The third-order valence-electron chi connectivity index (χ3n) is 3.93. The van der Waals surface area contributed by atoms with Gasteiger partial charge >= 0.3 is 0 Å². The molecule has 0 atom stereocenters. The molecule has 0 aliphatic carbocycles. The molecular weight excluding hydrogens is 408 g/mol. The van der Waals surface area contributed by atoms with Crippen LogP contribution in [0.15, 0.2) is 10.3 Å². The van der Waals surface area contributed by atoms with Crippen LogP contribution in [0.4, 0.5) is 10.3 Å². The van der Waals surface area contributed by atoms with Crippen molar-refractivity contribution < 1.29 is 0 Å². The Labute approximate surface area is 170 Å². The van der Waals surface area contributed by atoms with Crippen molar-refractivity contribution in [1.82, 2.24) is 29.3 Å². The maximum Gasteiger partial charge on any atom is 0.206 e. The lowest BCUT2D eigenvalue weighted by Crippen LogP contribution is -2.43. The Morgan fingerprint density at radius 1 is 0.731 bits per heavy atom. The molecule has 4 rings (SSSR count). The van der Waals surface area contributed by atoms with E-state index >= 15 is 0 Å². The normalized spacial score (nSPS) is 17.8. The van der Waals surface area contributed by atoms with Crippen molar-refractivity contribution in [1.29, 1.82) is 0 Å². The standard InChI is InChI=1S/2C7H12N4S2/c2*1-12-6-9-7(13-10-6)11-4-2-8-3-5-11/h2*8H,2-5H2,1H3. The van der Waals surface area contributed by atoms with Gasteiger partial charge in [0.1, 0.15) is 0 Å². The third-order valence-corrected chi connectivity index (χ3v) is 6.81. The Bertz CT molecular complexity index is 595. The average Bonchev–Trinajstić information content (AvgIpc) is 3.39. The summed E-state index contributed by atoms with van der Waals surface area (Å²) in [5.41, 5.74) is 0. The quantitative estimate of drug-likeness (QED) is 0.691. The molecule has 0 unspecified atom stereocenters. The molecule has 8 nitrogen and oxygen atoms in total. The van der Waals surface area contributed by atoms with Crippen LogP contribution in [0.2, 0.25) is 0 Å². The van der Waals surface area contributed by atoms with Gasteiger partial charge in [0.2, 0.25) is 20.6 Å². The second-order valence-corrected chi connectivity index (χ2v) is 8.61. The Morgan fingerprint density at radius 2 is 1.12 bits per heavy atom. The second-order valence-electron chi connectivity index (χ2n) is 5.60. The minimum atomic E-state index is 0.888. The summed E-state index contributed by atoms with van der Waals surface area (Å²) in [4.78, 5) is 13.4. The van der Waals surface area contributed by atoms with Gasteiger partial charge in [0.25, 0.3) is 0 Å². The molecule has 26 heavy (non-hydrogen) atoms. The van der Waals surface area contributed by atoms with Crippen molar-refractivity contribution in [2.45, 2.75) is 10.3 Å². The highest BCUT2D eigenvalue weighted by atomic mass is 32.2. The first-order chi connectivity index (χ1) is 12.8. The SMILES string of the molecule is CSc1nsc(N2CCNCC2)n1.CSc1nsc(N2CCNCC2)n1. The highest BCUT2D eigenvalue weighted by Gasteiger charge is 2.15. The molecule has 0 radical (unpaired) electrons. The van der Waals surface area contributed by atoms with Gasteiger partial charge in [0, 0.05) is 75.4 Å². The number of rotatable bonds is 4. The maximum absolute atomic E-state index is 4.42. The highest BCUT2D eigenvalue weighted by molar-refractivity contribution is 7.98. The van der Waals surface area contributed by atoms with Crippen molar-refractivity contribution in [2.75, 3.05) is 74.7 Å². The fourth-order valence-electron chi connectivity index (χ4n) is 2.54. The van der Waals surface area contributed by atoms with Crippen LogP contribution in [-0.4, -0.2) is 83.6 Å². The van der Waals surface area contributed by atoms with Gasteiger partial charge in [-0.3, -0.25) is 0 Å². The molecule has 2 saturated heterocycles. The van der Waals surface area contributed by atoms with Gasteiger partial charge in [-0.1, -0.05) is 23.5 Å². The van der Waals surface area contributed by atoms with Crippen molar-refractivity contribution in [3.8, 4) is 0 Å². The number of thioether (sulfide) groups is 2. The molecule has 2 aliphatic rings. The van der Waals surface area contributed by atoms with Crippen molar-refractivity contribution >= 4 is 56.9 Å². The fourth-order valence-corrected chi connectivity index (χ4v) is 5.08. The van der Waals surface area contributed by atoms with Crippen molar-refractivity contribution in [3.63, 3.8) is 0 Å². The topological polar surface area (TPSA) is 82.1 Å². The number of aromatic nitrogens is 4. The molecule has 12 heteroatoms. The van der Waals surface area contributed by atoms with Gasteiger partial charge in [0.15, 0.2) is 0 Å². The van der Waals surface area contributed by atoms with E-state index in [1.54, 1.807) is 23.5 Å². The number of piperazine rings is 2. The molecule has 0 saturated carbocycles. The molecule has 0 bridgehead atoms. The third kappa shape index (κ3) is 5.67. The minimum absolute atomic E-state index is 0.888. The van der Waals surface area contributed by atoms with E-state index < -0.39 is 0 Å². The molecule has 2 N–H and O–H groups in total. The molecule has 0 amide bonds.